The predicted octanol–water partition coefficient (Wildman–Crippen LogP) is 8.12. The fraction of sp³-hybridized carbons (Fsp3) is 0.500. The van der Waals surface area contributed by atoms with Crippen molar-refractivity contribution in [1.82, 2.24) is 4.90 Å². The number of rotatable bonds is 2. The molecule has 0 bridgehead atoms. The maximum atomic E-state index is 12.0. The van der Waals surface area contributed by atoms with Gasteiger partial charge < -0.3 is 9.64 Å². The van der Waals surface area contributed by atoms with Crippen molar-refractivity contribution in [1.29, 1.82) is 0 Å². The molecule has 1 saturated heterocycles. The summed E-state index contributed by atoms with van der Waals surface area (Å²) in [5.74, 6) is 0. The molecular weight excluding hydrogens is 682 g/mol. The zero-order valence-corrected chi connectivity index (χ0v) is 22.3. The minimum atomic E-state index is -5.47. The van der Waals surface area contributed by atoms with E-state index in [1.807, 2.05) is 30.3 Å². The van der Waals surface area contributed by atoms with E-state index in [0.29, 0.717) is 32.5 Å². The van der Waals surface area contributed by atoms with Gasteiger partial charge in [-0.1, -0.05) is 30.3 Å². The summed E-state index contributed by atoms with van der Waals surface area (Å²) in [7, 11) is 24.9. The number of likely N-dealkylation sites (tertiary alicyclic amines) is 1. The fourth-order valence-electron chi connectivity index (χ4n) is 2.06. The van der Waals surface area contributed by atoms with Gasteiger partial charge in [0.1, 0.15) is 10.9 Å². The van der Waals surface area contributed by atoms with Crippen LogP contribution in [0.4, 0.5) is 4.79 Å². The Balaban J connectivity index is 0.000000412. The summed E-state index contributed by atoms with van der Waals surface area (Å²) in [6.07, 6.45) is 1.79. The predicted molar refractivity (Wildman–Crippen MR) is 112 cm³/mol. The number of alkyl halides is 2. The number of carbonyl (C=O) groups is 1. The molecule has 1 aliphatic rings. The van der Waals surface area contributed by atoms with Crippen LogP contribution in [0.1, 0.15) is 24.8 Å². The Labute approximate surface area is 185 Å². The first kappa shape index (κ1) is 25.5. The second kappa shape index (κ2) is 9.11. The molecule has 12 heteroatoms. The molecule has 0 N–H and O–H groups in total. The molecule has 1 heterocycles. The first-order chi connectivity index (χ1) is 11.5. The van der Waals surface area contributed by atoms with Crippen molar-refractivity contribution in [3.05, 3.63) is 35.9 Å². The number of nitrogens with zero attached hydrogens (tertiary/aromatic N) is 1. The summed E-state index contributed by atoms with van der Waals surface area (Å²) in [5, 5.41) is 0. The van der Waals surface area contributed by atoms with Crippen LogP contribution in [0.25, 0.3) is 0 Å². The third-order valence-corrected chi connectivity index (χ3v) is 3.94. The van der Waals surface area contributed by atoms with Crippen molar-refractivity contribution in [2.45, 2.75) is 30.2 Å². The summed E-state index contributed by atoms with van der Waals surface area (Å²) in [6, 6.07) is 9.63. The first-order valence-corrected chi connectivity index (χ1v) is 29.9. The second-order valence-electron chi connectivity index (χ2n) is 5.61. The molecule has 0 unspecified atom stereocenters. The number of halogens is 8. The van der Waals surface area contributed by atoms with E-state index in [4.69, 9.17) is 84.4 Å². The number of hydrogen-bond acceptors (Lipinski definition) is 2. The zero-order valence-electron chi connectivity index (χ0n) is 13.3. The Kier molecular flexibility index (Phi) is 8.94. The topological polar surface area (TPSA) is 29.5 Å². The van der Waals surface area contributed by atoms with Crippen LogP contribution in [0.5, 0.6) is 0 Å². The Morgan fingerprint density at radius 2 is 1.54 bits per heavy atom. The summed E-state index contributed by atoms with van der Waals surface area (Å²) >= 11 is 12.2. The van der Waals surface area contributed by atoms with E-state index in [0.717, 1.165) is 12.0 Å². The molecule has 1 amide bonds. The first-order valence-electron chi connectivity index (χ1n) is 7.33. The van der Waals surface area contributed by atoms with Crippen LogP contribution in [0.15, 0.2) is 30.3 Å². The molecule has 0 aliphatic carbocycles. The summed E-state index contributed by atoms with van der Waals surface area (Å²) in [4.78, 5) is 13.6. The van der Waals surface area contributed by atoms with Crippen molar-refractivity contribution < 1.29 is 16.8 Å². The van der Waals surface area contributed by atoms with Crippen molar-refractivity contribution in [3.63, 3.8) is 0 Å². The van der Waals surface area contributed by atoms with Crippen molar-refractivity contribution >= 4 is 85.8 Å². The fourth-order valence-corrected chi connectivity index (χ4v) is 2.49. The van der Waals surface area contributed by atoms with Gasteiger partial charge in [-0.15, -0.1) is 23.2 Å². The van der Waals surface area contributed by atoms with E-state index in [1.165, 1.54) is 0 Å². The van der Waals surface area contributed by atoms with E-state index >= 15 is 0 Å². The Morgan fingerprint density at radius 3 is 2.08 bits per heavy atom. The van der Waals surface area contributed by atoms with Gasteiger partial charge in [0.15, 0.2) is 0 Å². The molecule has 2 rings (SSSR count). The average molecular weight is 699 g/mol. The van der Waals surface area contributed by atoms with Crippen molar-refractivity contribution in [3.8, 4) is 0 Å². The molecule has 0 radical (unpaired) electrons. The SMILES string of the molecule is O=C(OCc1ccccc1)N1CCCC(Cl)(Cl)CC1.[Cl][W]([Cl])([Cl])([Cl])([Cl])[Cl]. The van der Waals surface area contributed by atoms with Gasteiger partial charge in [0.05, 0.1) is 0 Å². The van der Waals surface area contributed by atoms with Crippen LogP contribution < -0.4 is 0 Å². The minimum absolute atomic E-state index is 0.295. The molecule has 0 saturated carbocycles. The zero-order chi connectivity index (χ0) is 20.1. The molecule has 26 heavy (non-hydrogen) atoms. The van der Waals surface area contributed by atoms with Gasteiger partial charge in [-0.25, -0.2) is 4.79 Å². The van der Waals surface area contributed by atoms with Gasteiger partial charge in [-0.2, -0.15) is 0 Å². The normalized spacial score (nSPS) is 19.9. The molecule has 0 atom stereocenters. The van der Waals surface area contributed by atoms with E-state index in [2.05, 4.69) is 0 Å². The quantitative estimate of drug-likeness (QED) is 0.292. The average Bonchev–Trinajstić information content (AvgIpc) is 2.63. The van der Waals surface area contributed by atoms with E-state index in [1.54, 1.807) is 4.90 Å². The van der Waals surface area contributed by atoms with Gasteiger partial charge in [0.25, 0.3) is 0 Å². The number of carbonyl (C=O) groups excluding carboxylic acids is 1. The molecule has 1 aromatic carbocycles. The Bertz CT molecular complexity index is 594. The van der Waals surface area contributed by atoms with Crippen molar-refractivity contribution in [2.24, 2.45) is 0 Å². The van der Waals surface area contributed by atoms with Crippen LogP contribution in [0.3, 0.4) is 0 Å². The standard InChI is InChI=1S/C14H17Cl2NO2.6ClH.W/c15-14(16)7-4-9-17(10-8-14)13(18)19-11-12-5-2-1-3-6-12;;;;;;;/h1-3,5-6H,4,7-11H2;6*1H;/q;;;;;;;+6/p-6. The summed E-state index contributed by atoms with van der Waals surface area (Å²) in [5.41, 5.74) is 0.981. The van der Waals surface area contributed by atoms with Crippen LogP contribution in [-0.4, -0.2) is 28.4 Å². The maximum absolute atomic E-state index is 12.0. The molecule has 1 aliphatic heterocycles. The number of ether oxygens (including phenoxy) is 1. The number of hydrogen-bond donors (Lipinski definition) is 0. The van der Waals surface area contributed by atoms with Gasteiger partial charge >= 0.3 is 69.9 Å². The van der Waals surface area contributed by atoms with Gasteiger partial charge in [-0.05, 0) is 24.8 Å². The van der Waals surface area contributed by atoms with Gasteiger partial charge in [0.2, 0.25) is 0 Å². The molecular formula is C14H17Cl8NO2W. The number of amides is 1. The Morgan fingerprint density at radius 1 is 1.00 bits per heavy atom. The molecule has 0 aromatic heterocycles. The third-order valence-electron chi connectivity index (χ3n) is 3.18. The van der Waals surface area contributed by atoms with Crippen LogP contribution in [-0.2, 0) is 18.7 Å². The van der Waals surface area contributed by atoms with E-state index in [-0.39, 0.29) is 6.09 Å². The molecule has 3 nitrogen and oxygen atoms in total. The number of benzene rings is 1. The van der Waals surface area contributed by atoms with E-state index in [9.17, 15) is 4.79 Å². The monoisotopic (exact) mass is 695 g/mol. The molecule has 152 valence electrons. The molecule has 1 aromatic rings. The second-order valence-corrected chi connectivity index (χ2v) is 70.8. The van der Waals surface area contributed by atoms with E-state index < -0.39 is 11.6 Å². The van der Waals surface area contributed by atoms with Crippen molar-refractivity contribution in [2.75, 3.05) is 13.1 Å². The Hall–Kier alpha value is 1.50. The molecule has 0 spiro atoms. The summed E-state index contributed by atoms with van der Waals surface area (Å²) < 4.78 is 4.58. The third kappa shape index (κ3) is 15.4. The molecule has 1 fully saturated rings. The summed E-state index contributed by atoms with van der Waals surface area (Å²) in [6.45, 7) is 1.48. The van der Waals surface area contributed by atoms with Crippen LogP contribution >= 0.6 is 79.7 Å². The van der Waals surface area contributed by atoms with Crippen LogP contribution in [0.2, 0.25) is 0 Å². The van der Waals surface area contributed by atoms with Gasteiger partial charge in [-0.3, -0.25) is 0 Å². The van der Waals surface area contributed by atoms with Crippen LogP contribution in [0, 0.1) is 0 Å². The van der Waals surface area contributed by atoms with Gasteiger partial charge in [0, 0.05) is 13.1 Å².